The van der Waals surface area contributed by atoms with Gasteiger partial charge in [-0.15, -0.1) is 0 Å². The number of benzene rings is 2. The van der Waals surface area contributed by atoms with Crippen LogP contribution in [0.3, 0.4) is 0 Å². The minimum atomic E-state index is -0.420. The molecule has 2 aromatic carbocycles. The molecule has 2 aromatic rings. The summed E-state index contributed by atoms with van der Waals surface area (Å²) in [6.07, 6.45) is 0. The van der Waals surface area contributed by atoms with E-state index in [1.54, 1.807) is 6.07 Å². The highest BCUT2D eigenvalue weighted by molar-refractivity contribution is 5.99. The molecule has 21 heavy (non-hydrogen) atoms. The predicted octanol–water partition coefficient (Wildman–Crippen LogP) is 2.39. The molecule has 0 atom stereocenters. The smallest absolute Gasteiger partial charge is 0.249 e. The molecule has 0 bridgehead atoms. The molecule has 4 heteroatoms. The third kappa shape index (κ3) is 4.07. The Bertz CT molecular complexity index is 606. The second kappa shape index (κ2) is 6.90. The van der Waals surface area contributed by atoms with Crippen molar-refractivity contribution in [2.24, 2.45) is 5.73 Å². The Morgan fingerprint density at radius 3 is 2.38 bits per heavy atom. The van der Waals surface area contributed by atoms with Crippen LogP contribution in [-0.4, -0.2) is 38.1 Å². The maximum atomic E-state index is 11.5. The molecule has 0 fully saturated rings. The van der Waals surface area contributed by atoms with E-state index in [2.05, 4.69) is 4.90 Å². The van der Waals surface area contributed by atoms with Gasteiger partial charge >= 0.3 is 0 Å². The van der Waals surface area contributed by atoms with Gasteiger partial charge in [0.15, 0.2) is 0 Å². The second-order valence-corrected chi connectivity index (χ2v) is 5.09. The van der Waals surface area contributed by atoms with Gasteiger partial charge in [-0.25, -0.2) is 0 Å². The molecule has 0 saturated heterocycles. The first-order valence-electron chi connectivity index (χ1n) is 6.84. The van der Waals surface area contributed by atoms with Crippen molar-refractivity contribution in [1.82, 2.24) is 4.90 Å². The molecule has 0 spiro atoms. The van der Waals surface area contributed by atoms with E-state index in [0.29, 0.717) is 12.2 Å². The fourth-order valence-electron chi connectivity index (χ4n) is 2.03. The molecule has 2 rings (SSSR count). The Balaban J connectivity index is 2.14. The summed E-state index contributed by atoms with van der Waals surface area (Å²) < 4.78 is 5.65. The summed E-state index contributed by atoms with van der Waals surface area (Å²) in [6, 6.07) is 15.0. The van der Waals surface area contributed by atoms with Gasteiger partial charge in [0.1, 0.15) is 12.4 Å². The fraction of sp³-hybridized carbons (Fsp3) is 0.235. The van der Waals surface area contributed by atoms with Crippen LogP contribution in [0, 0.1) is 0 Å². The maximum Gasteiger partial charge on any atom is 0.249 e. The van der Waals surface area contributed by atoms with Crippen molar-refractivity contribution in [3.05, 3.63) is 54.1 Å². The van der Waals surface area contributed by atoms with Gasteiger partial charge in [0.2, 0.25) is 5.91 Å². The van der Waals surface area contributed by atoms with Crippen LogP contribution in [0.15, 0.2) is 48.5 Å². The lowest BCUT2D eigenvalue weighted by Gasteiger charge is -2.12. The maximum absolute atomic E-state index is 11.5. The first kappa shape index (κ1) is 15.1. The Hall–Kier alpha value is -2.33. The highest BCUT2D eigenvalue weighted by Crippen LogP contribution is 2.25. The number of carbonyl (C=O) groups excluding carboxylic acids is 1. The first-order chi connectivity index (χ1) is 10.1. The Morgan fingerprint density at radius 1 is 1.10 bits per heavy atom. The van der Waals surface area contributed by atoms with Gasteiger partial charge in [-0.05, 0) is 43.4 Å². The topological polar surface area (TPSA) is 55.6 Å². The number of carbonyl (C=O) groups is 1. The molecule has 0 unspecified atom stereocenters. The lowest BCUT2D eigenvalue weighted by atomic mass is 9.99. The standard InChI is InChI=1S/C17H20N2O2/c1-19(2)11-12-21-14-9-7-13(8-10-14)15-5-3-4-6-16(15)17(18)20/h3-10H,11-12H2,1-2H3,(H2,18,20). The van der Waals surface area contributed by atoms with Gasteiger partial charge in [-0.1, -0.05) is 30.3 Å². The van der Waals surface area contributed by atoms with E-state index in [-0.39, 0.29) is 0 Å². The molecular weight excluding hydrogens is 264 g/mol. The number of rotatable bonds is 6. The van der Waals surface area contributed by atoms with Crippen molar-refractivity contribution in [3.63, 3.8) is 0 Å². The summed E-state index contributed by atoms with van der Waals surface area (Å²) in [6.45, 7) is 1.51. The zero-order valence-electron chi connectivity index (χ0n) is 12.4. The highest BCUT2D eigenvalue weighted by atomic mass is 16.5. The minimum absolute atomic E-state index is 0.420. The van der Waals surface area contributed by atoms with Crippen LogP contribution in [0.1, 0.15) is 10.4 Å². The quantitative estimate of drug-likeness (QED) is 0.886. The molecular formula is C17H20N2O2. The average Bonchev–Trinajstić information content (AvgIpc) is 2.47. The van der Waals surface area contributed by atoms with Crippen LogP contribution in [0.2, 0.25) is 0 Å². The van der Waals surface area contributed by atoms with Crippen molar-refractivity contribution < 1.29 is 9.53 Å². The largest absolute Gasteiger partial charge is 0.492 e. The number of amides is 1. The SMILES string of the molecule is CN(C)CCOc1ccc(-c2ccccc2C(N)=O)cc1. The van der Waals surface area contributed by atoms with E-state index in [1.807, 2.05) is 56.6 Å². The van der Waals surface area contributed by atoms with Crippen molar-refractivity contribution >= 4 is 5.91 Å². The van der Waals surface area contributed by atoms with Crippen LogP contribution in [0.25, 0.3) is 11.1 Å². The number of nitrogens with zero attached hydrogens (tertiary/aromatic N) is 1. The third-order valence-electron chi connectivity index (χ3n) is 3.17. The van der Waals surface area contributed by atoms with Crippen molar-refractivity contribution in [2.75, 3.05) is 27.2 Å². The molecule has 110 valence electrons. The molecule has 0 aromatic heterocycles. The van der Waals surface area contributed by atoms with E-state index in [0.717, 1.165) is 23.4 Å². The number of ether oxygens (including phenoxy) is 1. The summed E-state index contributed by atoms with van der Waals surface area (Å²) in [5.74, 6) is 0.397. The molecule has 4 nitrogen and oxygen atoms in total. The normalized spacial score (nSPS) is 10.6. The Kier molecular flexibility index (Phi) is 4.95. The summed E-state index contributed by atoms with van der Waals surface area (Å²) in [5.41, 5.74) is 7.72. The summed E-state index contributed by atoms with van der Waals surface area (Å²) >= 11 is 0. The van der Waals surface area contributed by atoms with E-state index in [1.165, 1.54) is 0 Å². The lowest BCUT2D eigenvalue weighted by Crippen LogP contribution is -2.19. The van der Waals surface area contributed by atoms with Gasteiger partial charge in [-0.3, -0.25) is 4.79 Å². The van der Waals surface area contributed by atoms with Crippen molar-refractivity contribution in [2.45, 2.75) is 0 Å². The molecule has 0 heterocycles. The van der Waals surface area contributed by atoms with Gasteiger partial charge in [0.05, 0.1) is 0 Å². The number of nitrogens with two attached hydrogens (primary N) is 1. The third-order valence-corrected chi connectivity index (χ3v) is 3.17. The van der Waals surface area contributed by atoms with Gasteiger partial charge in [-0.2, -0.15) is 0 Å². The number of likely N-dealkylation sites (N-methyl/N-ethyl adjacent to an activating group) is 1. The molecule has 0 aliphatic heterocycles. The average molecular weight is 284 g/mol. The van der Waals surface area contributed by atoms with E-state index in [9.17, 15) is 4.79 Å². The van der Waals surface area contributed by atoms with E-state index in [4.69, 9.17) is 10.5 Å². The predicted molar refractivity (Wildman–Crippen MR) is 84.4 cm³/mol. The van der Waals surface area contributed by atoms with E-state index < -0.39 is 5.91 Å². The zero-order valence-corrected chi connectivity index (χ0v) is 12.4. The van der Waals surface area contributed by atoms with Crippen LogP contribution < -0.4 is 10.5 Å². The Morgan fingerprint density at radius 2 is 1.76 bits per heavy atom. The van der Waals surface area contributed by atoms with Crippen molar-refractivity contribution in [1.29, 1.82) is 0 Å². The fourth-order valence-corrected chi connectivity index (χ4v) is 2.03. The summed E-state index contributed by atoms with van der Waals surface area (Å²) in [4.78, 5) is 13.5. The molecule has 0 saturated carbocycles. The second-order valence-electron chi connectivity index (χ2n) is 5.09. The van der Waals surface area contributed by atoms with Gasteiger partial charge in [0.25, 0.3) is 0 Å². The Labute approximate surface area is 125 Å². The van der Waals surface area contributed by atoms with Crippen molar-refractivity contribution in [3.8, 4) is 16.9 Å². The number of primary amides is 1. The summed E-state index contributed by atoms with van der Waals surface area (Å²) in [7, 11) is 4.01. The first-order valence-corrected chi connectivity index (χ1v) is 6.84. The van der Waals surface area contributed by atoms with Crippen LogP contribution in [0.5, 0.6) is 5.75 Å². The summed E-state index contributed by atoms with van der Waals surface area (Å²) in [5, 5.41) is 0. The van der Waals surface area contributed by atoms with Crippen LogP contribution >= 0.6 is 0 Å². The molecule has 0 radical (unpaired) electrons. The number of hydrogen-bond donors (Lipinski definition) is 1. The van der Waals surface area contributed by atoms with Gasteiger partial charge in [0, 0.05) is 12.1 Å². The molecule has 2 N–H and O–H groups in total. The number of hydrogen-bond acceptors (Lipinski definition) is 3. The lowest BCUT2D eigenvalue weighted by molar-refractivity contribution is 0.100. The molecule has 0 aliphatic carbocycles. The zero-order chi connectivity index (χ0) is 15.2. The minimum Gasteiger partial charge on any atom is -0.492 e. The molecule has 0 aliphatic rings. The van der Waals surface area contributed by atoms with Crippen LogP contribution in [-0.2, 0) is 0 Å². The van der Waals surface area contributed by atoms with Crippen LogP contribution in [0.4, 0.5) is 0 Å². The molecule has 1 amide bonds. The highest BCUT2D eigenvalue weighted by Gasteiger charge is 2.09. The van der Waals surface area contributed by atoms with E-state index >= 15 is 0 Å². The monoisotopic (exact) mass is 284 g/mol. The van der Waals surface area contributed by atoms with Gasteiger partial charge < -0.3 is 15.4 Å².